The molecule has 1 saturated heterocycles. The quantitative estimate of drug-likeness (QED) is 0.253. The molecule has 12 nitrogen and oxygen atoms in total. The summed E-state index contributed by atoms with van der Waals surface area (Å²) in [6.07, 6.45) is 3.04. The minimum atomic E-state index is -1.20. The number of methoxy groups -OCH3 is 2. The topological polar surface area (TPSA) is 153 Å². The van der Waals surface area contributed by atoms with Gasteiger partial charge in [0.2, 0.25) is 0 Å². The van der Waals surface area contributed by atoms with Crippen LogP contribution in [-0.2, 0) is 11.2 Å². The van der Waals surface area contributed by atoms with E-state index in [4.69, 9.17) is 14.2 Å². The van der Waals surface area contributed by atoms with E-state index < -0.39 is 37.0 Å². The molecule has 2 aliphatic rings. The van der Waals surface area contributed by atoms with E-state index in [1.54, 1.807) is 29.1 Å². The van der Waals surface area contributed by atoms with Crippen LogP contribution < -0.4 is 20.1 Å². The second kappa shape index (κ2) is 11.3. The number of anilines is 1. The maximum absolute atomic E-state index is 13.3. The van der Waals surface area contributed by atoms with E-state index in [-0.39, 0.29) is 11.6 Å². The fraction of sp³-hybridized carbons (Fsp3) is 0.379. The molecule has 5 atom stereocenters. The molecule has 0 saturated carbocycles. The number of nitrogens with zero attached hydrogens (tertiary/aromatic N) is 4. The van der Waals surface area contributed by atoms with E-state index in [2.05, 4.69) is 43.8 Å². The number of aliphatic hydroxyl groups excluding tert-OH is 2. The van der Waals surface area contributed by atoms with Gasteiger partial charge in [0.1, 0.15) is 36.1 Å². The second-order valence-corrected chi connectivity index (χ2v) is 10.2. The Labute approximate surface area is 236 Å². The molecule has 12 heteroatoms. The molecule has 1 amide bonds. The molecular weight excluding hydrogens is 528 g/mol. The van der Waals surface area contributed by atoms with Gasteiger partial charge in [0.25, 0.3) is 5.91 Å². The van der Waals surface area contributed by atoms with Gasteiger partial charge in [-0.25, -0.2) is 15.0 Å². The van der Waals surface area contributed by atoms with E-state index in [1.807, 2.05) is 6.07 Å². The summed E-state index contributed by atoms with van der Waals surface area (Å²) in [5.41, 5.74) is 3.84. The van der Waals surface area contributed by atoms with E-state index >= 15 is 0 Å². The summed E-state index contributed by atoms with van der Waals surface area (Å²) in [5, 5.41) is 27.3. The molecule has 4 aromatic rings. The smallest absolute Gasteiger partial charge is 0.252 e. The fourth-order valence-corrected chi connectivity index (χ4v) is 5.68. The number of hydrogen-bond donors (Lipinski definition) is 4. The Kier molecular flexibility index (Phi) is 7.43. The first kappa shape index (κ1) is 26.9. The zero-order valence-electron chi connectivity index (χ0n) is 22.7. The van der Waals surface area contributed by atoms with Crippen molar-refractivity contribution in [1.82, 2.24) is 24.8 Å². The molecule has 214 valence electrons. The zero-order valence-corrected chi connectivity index (χ0v) is 22.7. The highest BCUT2D eigenvalue weighted by atomic mass is 16.5. The summed E-state index contributed by atoms with van der Waals surface area (Å²) >= 11 is 0. The molecule has 1 fully saturated rings. The largest absolute Gasteiger partial charge is 0.497 e. The molecule has 4 N–H and O–H groups in total. The van der Waals surface area contributed by atoms with Crippen LogP contribution >= 0.6 is 0 Å². The molecule has 6 rings (SSSR count). The van der Waals surface area contributed by atoms with Crippen LogP contribution in [0.5, 0.6) is 11.5 Å². The number of ether oxygens (including phenoxy) is 3. The van der Waals surface area contributed by atoms with Crippen molar-refractivity contribution in [2.45, 2.75) is 49.8 Å². The molecule has 41 heavy (non-hydrogen) atoms. The number of imidazole rings is 1. The number of carbonyl (C=O) groups excluding carboxylic acids is 1. The maximum atomic E-state index is 13.3. The van der Waals surface area contributed by atoms with E-state index in [0.29, 0.717) is 28.5 Å². The lowest BCUT2D eigenvalue weighted by atomic mass is 9.88. The molecular formula is C29H32N6O6. The summed E-state index contributed by atoms with van der Waals surface area (Å²) in [6, 6.07) is 12.3. The number of nitrogens with one attached hydrogen (secondary N) is 2. The minimum Gasteiger partial charge on any atom is -0.497 e. The summed E-state index contributed by atoms with van der Waals surface area (Å²) in [4.78, 5) is 26.8. The van der Waals surface area contributed by atoms with Crippen LogP contribution in [0.1, 0.15) is 46.6 Å². The van der Waals surface area contributed by atoms with Crippen LogP contribution in [0, 0.1) is 0 Å². The summed E-state index contributed by atoms with van der Waals surface area (Å²) in [6.45, 7) is -0.438. The van der Waals surface area contributed by atoms with Gasteiger partial charge in [-0.15, -0.1) is 0 Å². The van der Waals surface area contributed by atoms with Crippen LogP contribution in [0.15, 0.2) is 55.1 Å². The SMILES string of the molecule is COc1cc(OC)cc(C(=O)NC2C(O)C(CO)OC2n2cnc3c(NC4CCCc5ccccc54)ncnc32)c1. The van der Waals surface area contributed by atoms with Crippen molar-refractivity contribution in [3.05, 3.63) is 71.8 Å². The minimum absolute atomic E-state index is 0.0819. The first-order valence-electron chi connectivity index (χ1n) is 13.5. The van der Waals surface area contributed by atoms with Crippen molar-refractivity contribution in [2.24, 2.45) is 0 Å². The third-order valence-corrected chi connectivity index (χ3v) is 7.77. The highest BCUT2D eigenvalue weighted by Crippen LogP contribution is 2.36. The normalized spacial score (nSPS) is 23.7. The number of aryl methyl sites for hydroxylation is 1. The Morgan fingerprint density at radius 3 is 2.66 bits per heavy atom. The lowest BCUT2D eigenvalue weighted by molar-refractivity contribution is -0.0440. The van der Waals surface area contributed by atoms with Crippen LogP contribution in [-0.4, -0.2) is 74.7 Å². The molecule has 3 heterocycles. The number of amides is 1. The molecule has 5 unspecified atom stereocenters. The van der Waals surface area contributed by atoms with Gasteiger partial charge in [-0.05, 0) is 42.5 Å². The molecule has 2 aromatic carbocycles. The lowest BCUT2D eigenvalue weighted by Crippen LogP contribution is -2.46. The van der Waals surface area contributed by atoms with Crippen molar-refractivity contribution in [2.75, 3.05) is 26.1 Å². The van der Waals surface area contributed by atoms with E-state index in [1.165, 1.54) is 31.7 Å². The Balaban J connectivity index is 1.30. The van der Waals surface area contributed by atoms with Gasteiger partial charge in [0.05, 0.1) is 33.2 Å². The third kappa shape index (κ3) is 5.05. The van der Waals surface area contributed by atoms with Gasteiger partial charge in [0.15, 0.2) is 23.2 Å². The monoisotopic (exact) mass is 560 g/mol. The van der Waals surface area contributed by atoms with Gasteiger partial charge < -0.3 is 35.1 Å². The van der Waals surface area contributed by atoms with Crippen molar-refractivity contribution in [3.8, 4) is 11.5 Å². The first-order chi connectivity index (χ1) is 20.0. The number of benzene rings is 2. The molecule has 0 radical (unpaired) electrons. The number of rotatable bonds is 8. The van der Waals surface area contributed by atoms with Gasteiger partial charge in [-0.1, -0.05) is 24.3 Å². The van der Waals surface area contributed by atoms with Crippen molar-refractivity contribution < 1.29 is 29.2 Å². The fourth-order valence-electron chi connectivity index (χ4n) is 5.68. The van der Waals surface area contributed by atoms with Crippen LogP contribution in [0.4, 0.5) is 5.82 Å². The number of fused-ring (bicyclic) bond motifs is 2. The molecule has 1 aliphatic carbocycles. The molecule has 2 aromatic heterocycles. The molecule has 1 aliphatic heterocycles. The average molecular weight is 561 g/mol. The summed E-state index contributed by atoms with van der Waals surface area (Å²) in [5.74, 6) is 0.994. The maximum Gasteiger partial charge on any atom is 0.252 e. The Morgan fingerprint density at radius 1 is 1.12 bits per heavy atom. The van der Waals surface area contributed by atoms with Gasteiger partial charge in [-0.2, -0.15) is 0 Å². The highest BCUT2D eigenvalue weighted by molar-refractivity contribution is 5.95. The Bertz CT molecular complexity index is 1540. The van der Waals surface area contributed by atoms with Gasteiger partial charge in [0, 0.05) is 11.6 Å². The number of carbonyl (C=O) groups is 1. The molecule has 0 spiro atoms. The Hall–Kier alpha value is -4.26. The van der Waals surface area contributed by atoms with Crippen molar-refractivity contribution in [1.29, 1.82) is 0 Å². The van der Waals surface area contributed by atoms with Crippen LogP contribution in [0.3, 0.4) is 0 Å². The standard InChI is InChI=1S/C29H32N6O6/c1-39-18-10-17(11-19(12-18)40-2)28(38)34-23-25(37)22(13-36)41-29(23)35-15-32-24-26(30-14-31-27(24)35)33-21-9-5-7-16-6-3-4-8-20(16)21/h3-4,6,8,10-12,14-15,21-23,25,29,36-37H,5,7,9,13H2,1-2H3,(H,34,38)(H,30,31,33). The van der Waals surface area contributed by atoms with Crippen LogP contribution in [0.2, 0.25) is 0 Å². The predicted octanol–water partition coefficient (Wildman–Crippen LogP) is 2.38. The van der Waals surface area contributed by atoms with Crippen molar-refractivity contribution >= 4 is 22.9 Å². The number of aliphatic hydroxyl groups is 2. The Morgan fingerprint density at radius 2 is 1.90 bits per heavy atom. The lowest BCUT2D eigenvalue weighted by Gasteiger charge is -2.26. The van der Waals surface area contributed by atoms with Crippen molar-refractivity contribution in [3.63, 3.8) is 0 Å². The van der Waals surface area contributed by atoms with Gasteiger partial charge >= 0.3 is 0 Å². The van der Waals surface area contributed by atoms with E-state index in [9.17, 15) is 15.0 Å². The van der Waals surface area contributed by atoms with Crippen LogP contribution in [0.25, 0.3) is 11.2 Å². The summed E-state index contributed by atoms with van der Waals surface area (Å²) in [7, 11) is 2.99. The average Bonchev–Trinajstić information content (AvgIpc) is 3.58. The first-order valence-corrected chi connectivity index (χ1v) is 13.5. The highest BCUT2D eigenvalue weighted by Gasteiger charge is 2.46. The predicted molar refractivity (Wildman–Crippen MR) is 149 cm³/mol. The number of aromatic nitrogens is 4. The summed E-state index contributed by atoms with van der Waals surface area (Å²) < 4.78 is 18.2. The molecule has 0 bridgehead atoms. The van der Waals surface area contributed by atoms with Gasteiger partial charge in [-0.3, -0.25) is 9.36 Å². The third-order valence-electron chi connectivity index (χ3n) is 7.77. The van der Waals surface area contributed by atoms with E-state index in [0.717, 1.165) is 19.3 Å². The number of hydrogen-bond acceptors (Lipinski definition) is 10. The zero-order chi connectivity index (χ0) is 28.5. The second-order valence-electron chi connectivity index (χ2n) is 10.2.